The normalized spacial score (nSPS) is 11.0. The molecule has 2 aromatic carbocycles. The quantitative estimate of drug-likeness (QED) is 0.667. The number of para-hydroxylation sites is 2. The highest BCUT2D eigenvalue weighted by atomic mass is 16.1. The van der Waals surface area contributed by atoms with Crippen LogP contribution >= 0.6 is 0 Å². The molecule has 0 aliphatic heterocycles. The number of carbonyl (C=O) groups excluding carboxylic acids is 1. The molecular formula is C22H27N3O. The Balaban J connectivity index is 1.62. The fourth-order valence-corrected chi connectivity index (χ4v) is 3.24. The summed E-state index contributed by atoms with van der Waals surface area (Å²) in [6.07, 6.45) is 3.46. The van der Waals surface area contributed by atoms with Crippen LogP contribution in [0.5, 0.6) is 0 Å². The van der Waals surface area contributed by atoms with Crippen LogP contribution in [0.25, 0.3) is 11.0 Å². The average molecular weight is 349 g/mol. The molecule has 4 heteroatoms. The number of unbranched alkanes of at least 4 members (excludes halogenated alkanes) is 1. The van der Waals surface area contributed by atoms with Crippen molar-refractivity contribution >= 4 is 16.9 Å². The van der Waals surface area contributed by atoms with E-state index < -0.39 is 0 Å². The lowest BCUT2D eigenvalue weighted by molar-refractivity contribution is -0.120. The van der Waals surface area contributed by atoms with Gasteiger partial charge in [0.05, 0.1) is 17.5 Å². The molecule has 0 unspecified atom stereocenters. The van der Waals surface area contributed by atoms with Crippen LogP contribution in [0, 0.1) is 6.92 Å². The van der Waals surface area contributed by atoms with Crippen LogP contribution in [-0.4, -0.2) is 22.0 Å². The minimum absolute atomic E-state index is 0.0653. The van der Waals surface area contributed by atoms with E-state index in [4.69, 9.17) is 4.98 Å². The van der Waals surface area contributed by atoms with Crippen LogP contribution in [0.1, 0.15) is 36.7 Å². The monoisotopic (exact) mass is 349 g/mol. The smallest absolute Gasteiger partial charge is 0.224 e. The largest absolute Gasteiger partial charge is 0.355 e. The van der Waals surface area contributed by atoms with Crippen molar-refractivity contribution in [2.24, 2.45) is 0 Å². The molecule has 0 saturated carbocycles. The van der Waals surface area contributed by atoms with E-state index in [0.29, 0.717) is 13.0 Å². The van der Waals surface area contributed by atoms with Gasteiger partial charge in [-0.25, -0.2) is 4.98 Å². The predicted molar refractivity (Wildman–Crippen MR) is 106 cm³/mol. The second-order valence-electron chi connectivity index (χ2n) is 6.73. The van der Waals surface area contributed by atoms with Gasteiger partial charge in [-0.1, -0.05) is 49.7 Å². The number of nitrogens with zero attached hydrogens (tertiary/aromatic N) is 2. The number of nitrogens with one attached hydrogen (secondary N) is 1. The second-order valence-corrected chi connectivity index (χ2v) is 6.73. The number of amides is 1. The van der Waals surface area contributed by atoms with Crippen molar-refractivity contribution in [1.29, 1.82) is 0 Å². The summed E-state index contributed by atoms with van der Waals surface area (Å²) in [4.78, 5) is 17.0. The summed E-state index contributed by atoms with van der Waals surface area (Å²) < 4.78 is 2.30. The molecule has 0 radical (unpaired) electrons. The number of carbonyl (C=O) groups is 1. The average Bonchev–Trinajstić information content (AvgIpc) is 2.99. The summed E-state index contributed by atoms with van der Waals surface area (Å²) in [6.45, 7) is 5.83. The Bertz CT molecular complexity index is 882. The Labute approximate surface area is 155 Å². The third-order valence-corrected chi connectivity index (χ3v) is 4.75. The maximum atomic E-state index is 12.2. The van der Waals surface area contributed by atoms with Gasteiger partial charge in [0.25, 0.3) is 0 Å². The second kappa shape index (κ2) is 8.65. The van der Waals surface area contributed by atoms with Gasteiger partial charge >= 0.3 is 0 Å². The lowest BCUT2D eigenvalue weighted by atomic mass is 10.1. The van der Waals surface area contributed by atoms with Gasteiger partial charge in [-0.2, -0.15) is 0 Å². The molecule has 4 nitrogen and oxygen atoms in total. The molecular weight excluding hydrogens is 322 g/mol. The minimum atomic E-state index is 0.0653. The molecule has 3 rings (SSSR count). The first kappa shape index (κ1) is 18.2. The van der Waals surface area contributed by atoms with Gasteiger partial charge in [0.2, 0.25) is 5.91 Å². The standard InChI is InChI=1S/C22H27N3O/c1-3-4-15-25-20-12-8-7-11-19(20)24-21(25)13-14-23-22(26)16-18-10-6-5-9-17(18)2/h5-12H,3-4,13-16H2,1-2H3,(H,23,26). The van der Waals surface area contributed by atoms with Crippen molar-refractivity contribution in [3.05, 3.63) is 65.5 Å². The van der Waals surface area contributed by atoms with Gasteiger partial charge in [-0.05, 0) is 36.6 Å². The number of benzene rings is 2. The molecule has 1 N–H and O–H groups in total. The van der Waals surface area contributed by atoms with Crippen molar-refractivity contribution in [1.82, 2.24) is 14.9 Å². The number of fused-ring (bicyclic) bond motifs is 1. The van der Waals surface area contributed by atoms with Crippen LogP contribution < -0.4 is 5.32 Å². The van der Waals surface area contributed by atoms with Crippen LogP contribution in [0.2, 0.25) is 0 Å². The van der Waals surface area contributed by atoms with E-state index in [1.54, 1.807) is 0 Å². The molecule has 0 aliphatic rings. The number of hydrogen-bond acceptors (Lipinski definition) is 2. The number of aryl methyl sites for hydroxylation is 2. The number of imidazole rings is 1. The summed E-state index contributed by atoms with van der Waals surface area (Å²) >= 11 is 0. The van der Waals surface area contributed by atoms with Crippen molar-refractivity contribution in [3.8, 4) is 0 Å². The predicted octanol–water partition coefficient (Wildman–Crippen LogP) is 4.05. The SMILES string of the molecule is CCCCn1c(CCNC(=O)Cc2ccccc2C)nc2ccccc21. The van der Waals surface area contributed by atoms with Gasteiger partial charge in [-0.15, -0.1) is 0 Å². The van der Waals surface area contributed by atoms with Crippen LogP contribution in [0.4, 0.5) is 0 Å². The molecule has 1 amide bonds. The molecule has 26 heavy (non-hydrogen) atoms. The molecule has 0 bridgehead atoms. The Morgan fingerprint density at radius 3 is 2.69 bits per heavy atom. The van der Waals surface area contributed by atoms with E-state index >= 15 is 0 Å². The Kier molecular flexibility index (Phi) is 6.05. The highest BCUT2D eigenvalue weighted by molar-refractivity contribution is 5.79. The van der Waals surface area contributed by atoms with Crippen molar-refractivity contribution in [2.75, 3.05) is 6.54 Å². The molecule has 0 atom stereocenters. The summed E-state index contributed by atoms with van der Waals surface area (Å²) in [5.74, 6) is 1.12. The Morgan fingerprint density at radius 1 is 1.12 bits per heavy atom. The van der Waals surface area contributed by atoms with E-state index in [-0.39, 0.29) is 5.91 Å². The van der Waals surface area contributed by atoms with Crippen molar-refractivity contribution in [3.63, 3.8) is 0 Å². The lowest BCUT2D eigenvalue weighted by Crippen LogP contribution is -2.28. The molecule has 0 spiro atoms. The maximum absolute atomic E-state index is 12.2. The van der Waals surface area contributed by atoms with Gasteiger partial charge in [0.1, 0.15) is 5.82 Å². The summed E-state index contributed by atoms with van der Waals surface area (Å²) in [5, 5.41) is 3.04. The summed E-state index contributed by atoms with van der Waals surface area (Å²) in [5.41, 5.74) is 4.45. The van der Waals surface area contributed by atoms with E-state index in [2.05, 4.69) is 35.0 Å². The molecule has 0 fully saturated rings. The third-order valence-electron chi connectivity index (χ3n) is 4.75. The summed E-state index contributed by atoms with van der Waals surface area (Å²) in [7, 11) is 0. The molecule has 1 heterocycles. The first-order valence-corrected chi connectivity index (χ1v) is 9.44. The number of rotatable bonds is 8. The fourth-order valence-electron chi connectivity index (χ4n) is 3.24. The highest BCUT2D eigenvalue weighted by Crippen LogP contribution is 2.17. The lowest BCUT2D eigenvalue weighted by Gasteiger charge is -2.10. The first-order valence-electron chi connectivity index (χ1n) is 9.44. The van der Waals surface area contributed by atoms with Crippen LogP contribution in [0.15, 0.2) is 48.5 Å². The summed E-state index contributed by atoms with van der Waals surface area (Å²) in [6, 6.07) is 16.3. The van der Waals surface area contributed by atoms with Gasteiger partial charge in [-0.3, -0.25) is 4.79 Å². The molecule has 0 saturated heterocycles. The molecule has 136 valence electrons. The maximum Gasteiger partial charge on any atom is 0.224 e. The molecule has 3 aromatic rings. The highest BCUT2D eigenvalue weighted by Gasteiger charge is 2.11. The zero-order chi connectivity index (χ0) is 18.4. The topological polar surface area (TPSA) is 46.9 Å². The van der Waals surface area contributed by atoms with Gasteiger partial charge < -0.3 is 9.88 Å². The Hall–Kier alpha value is -2.62. The van der Waals surface area contributed by atoms with E-state index in [1.165, 1.54) is 5.52 Å². The first-order chi connectivity index (χ1) is 12.7. The van der Waals surface area contributed by atoms with Crippen LogP contribution in [-0.2, 0) is 24.2 Å². The Morgan fingerprint density at radius 2 is 1.88 bits per heavy atom. The number of aromatic nitrogens is 2. The third kappa shape index (κ3) is 4.31. The number of hydrogen-bond donors (Lipinski definition) is 1. The van der Waals surface area contributed by atoms with E-state index in [9.17, 15) is 4.79 Å². The van der Waals surface area contributed by atoms with E-state index in [0.717, 1.165) is 48.3 Å². The molecule has 0 aliphatic carbocycles. The van der Waals surface area contributed by atoms with Crippen molar-refractivity contribution < 1.29 is 4.79 Å². The zero-order valence-electron chi connectivity index (χ0n) is 15.7. The fraction of sp³-hybridized carbons (Fsp3) is 0.364. The van der Waals surface area contributed by atoms with E-state index in [1.807, 2.05) is 37.3 Å². The van der Waals surface area contributed by atoms with Crippen molar-refractivity contribution in [2.45, 2.75) is 46.1 Å². The minimum Gasteiger partial charge on any atom is -0.355 e. The molecule has 1 aromatic heterocycles. The zero-order valence-corrected chi connectivity index (χ0v) is 15.7. The van der Waals surface area contributed by atoms with Crippen LogP contribution in [0.3, 0.4) is 0 Å². The van der Waals surface area contributed by atoms with Gasteiger partial charge in [0, 0.05) is 19.5 Å². The van der Waals surface area contributed by atoms with Gasteiger partial charge in [0.15, 0.2) is 0 Å².